The molecule has 0 spiro atoms. The highest BCUT2D eigenvalue weighted by molar-refractivity contribution is 6.07. The van der Waals surface area contributed by atoms with Crippen molar-refractivity contribution in [2.24, 2.45) is 0 Å². The average molecular weight is 216 g/mol. The molecule has 2 nitrogen and oxygen atoms in total. The first kappa shape index (κ1) is 11.1. The Bertz CT molecular complexity index is 398. The number of hydrogen-bond acceptors (Lipinski definition) is 1. The predicted octanol–water partition coefficient (Wildman–Crippen LogP) is 2.53. The van der Waals surface area contributed by atoms with Crippen LogP contribution in [0.4, 0.5) is 0 Å². The first-order valence-electron chi connectivity index (χ1n) is 5.93. The highest BCUT2D eigenvalue weighted by Crippen LogP contribution is 2.07. The zero-order chi connectivity index (χ0) is 11.4. The molecular formula is C14H18NO+. The second-order valence-corrected chi connectivity index (χ2v) is 4.40. The maximum atomic E-state index is 12.0. The second kappa shape index (κ2) is 5.06. The van der Waals surface area contributed by atoms with E-state index < -0.39 is 0 Å². The van der Waals surface area contributed by atoms with Crippen molar-refractivity contribution in [1.82, 2.24) is 0 Å². The van der Waals surface area contributed by atoms with E-state index in [1.807, 2.05) is 30.3 Å². The van der Waals surface area contributed by atoms with Crippen LogP contribution in [0.5, 0.6) is 0 Å². The van der Waals surface area contributed by atoms with Crippen molar-refractivity contribution < 1.29 is 9.37 Å². The Kier molecular flexibility index (Phi) is 3.50. The van der Waals surface area contributed by atoms with Gasteiger partial charge in [-0.15, -0.1) is 0 Å². The van der Waals surface area contributed by atoms with E-state index in [4.69, 9.17) is 0 Å². The molecule has 0 saturated carbocycles. The molecule has 0 atom stereocenters. The van der Waals surface area contributed by atoms with Crippen LogP contribution in [-0.4, -0.2) is 29.2 Å². The van der Waals surface area contributed by atoms with Gasteiger partial charge in [0.2, 0.25) is 0 Å². The van der Waals surface area contributed by atoms with Gasteiger partial charge in [-0.2, -0.15) is 0 Å². The van der Waals surface area contributed by atoms with Crippen molar-refractivity contribution >= 4 is 11.5 Å². The van der Waals surface area contributed by atoms with Gasteiger partial charge in [0.25, 0.3) is 0 Å². The Morgan fingerprint density at radius 3 is 2.44 bits per heavy atom. The highest BCUT2D eigenvalue weighted by atomic mass is 16.1. The fourth-order valence-corrected chi connectivity index (χ4v) is 2.17. The van der Waals surface area contributed by atoms with Crippen LogP contribution in [0.15, 0.2) is 30.3 Å². The number of Topliss-reactive ketones (excluding diaryl/α,β-unsaturated/α-hetero) is 1. The van der Waals surface area contributed by atoms with Gasteiger partial charge < -0.3 is 0 Å². The fraction of sp³-hybridized carbons (Fsp3) is 0.429. The zero-order valence-corrected chi connectivity index (χ0v) is 9.78. The lowest BCUT2D eigenvalue weighted by molar-refractivity contribution is -0.507. The van der Waals surface area contributed by atoms with Crippen molar-refractivity contribution in [3.05, 3.63) is 35.9 Å². The number of benzene rings is 1. The molecule has 0 N–H and O–H groups in total. The van der Waals surface area contributed by atoms with Crippen molar-refractivity contribution in [3.63, 3.8) is 0 Å². The predicted molar refractivity (Wildman–Crippen MR) is 65.3 cm³/mol. The number of hydrogen-bond donors (Lipinski definition) is 0. The molecule has 1 aromatic carbocycles. The molecule has 1 heterocycles. The lowest BCUT2D eigenvalue weighted by Crippen LogP contribution is -2.18. The number of carbonyl (C=O) groups excluding carboxylic acids is 1. The minimum absolute atomic E-state index is 0.227. The van der Waals surface area contributed by atoms with Crippen LogP contribution < -0.4 is 0 Å². The molecule has 0 aliphatic carbocycles. The van der Waals surface area contributed by atoms with Gasteiger partial charge in [-0.1, -0.05) is 30.3 Å². The third-order valence-electron chi connectivity index (χ3n) is 3.16. The summed E-state index contributed by atoms with van der Waals surface area (Å²) in [6, 6.07) is 9.55. The van der Waals surface area contributed by atoms with Gasteiger partial charge in [-0.3, -0.25) is 4.79 Å². The molecule has 0 bridgehead atoms. The molecule has 1 aromatic rings. The fourth-order valence-electron chi connectivity index (χ4n) is 2.17. The maximum Gasteiger partial charge on any atom is 0.172 e. The van der Waals surface area contributed by atoms with E-state index >= 15 is 0 Å². The Balaban J connectivity index is 2.05. The molecule has 1 fully saturated rings. The number of rotatable bonds is 3. The Hall–Kier alpha value is -1.44. The van der Waals surface area contributed by atoms with Crippen LogP contribution in [0, 0.1) is 0 Å². The molecule has 2 rings (SSSR count). The molecular weight excluding hydrogens is 198 g/mol. The Morgan fingerprint density at radius 1 is 1.19 bits per heavy atom. The molecule has 84 valence electrons. The summed E-state index contributed by atoms with van der Waals surface area (Å²) in [5.74, 6) is 0.227. The molecule has 1 saturated heterocycles. The molecule has 0 amide bonds. The molecule has 16 heavy (non-hydrogen) atoms. The molecule has 0 radical (unpaired) electrons. The Labute approximate surface area is 96.6 Å². The van der Waals surface area contributed by atoms with Gasteiger partial charge in [-0.05, 0) is 0 Å². The van der Waals surface area contributed by atoms with Crippen LogP contribution >= 0.6 is 0 Å². The number of ketones is 1. The van der Waals surface area contributed by atoms with Gasteiger partial charge in [0, 0.05) is 25.3 Å². The Morgan fingerprint density at radius 2 is 1.81 bits per heavy atom. The molecule has 2 heteroatoms. The summed E-state index contributed by atoms with van der Waals surface area (Å²) in [5.41, 5.74) is 2.03. The van der Waals surface area contributed by atoms with Gasteiger partial charge >= 0.3 is 0 Å². The lowest BCUT2D eigenvalue weighted by atomic mass is 10.1. The van der Waals surface area contributed by atoms with E-state index in [0.29, 0.717) is 6.42 Å². The van der Waals surface area contributed by atoms with E-state index in [1.54, 1.807) is 0 Å². The smallest absolute Gasteiger partial charge is 0.172 e. The third kappa shape index (κ3) is 2.57. The second-order valence-electron chi connectivity index (χ2n) is 4.40. The van der Waals surface area contributed by atoms with E-state index in [9.17, 15) is 4.79 Å². The third-order valence-corrected chi connectivity index (χ3v) is 3.16. The summed E-state index contributed by atoms with van der Waals surface area (Å²) < 4.78 is 2.33. The minimum atomic E-state index is 0.227. The summed E-state index contributed by atoms with van der Waals surface area (Å²) in [6.07, 6.45) is 3.08. The molecule has 0 unspecified atom stereocenters. The van der Waals surface area contributed by atoms with Crippen molar-refractivity contribution in [3.8, 4) is 0 Å². The van der Waals surface area contributed by atoms with E-state index in [0.717, 1.165) is 18.7 Å². The zero-order valence-electron chi connectivity index (χ0n) is 9.78. The molecule has 1 aliphatic rings. The summed E-state index contributed by atoms with van der Waals surface area (Å²) in [7, 11) is 0. The number of nitrogens with zero attached hydrogens (tertiary/aromatic N) is 1. The van der Waals surface area contributed by atoms with Crippen LogP contribution in [-0.2, 0) is 0 Å². The topological polar surface area (TPSA) is 20.1 Å². The van der Waals surface area contributed by atoms with Gasteiger partial charge in [0.15, 0.2) is 11.5 Å². The standard InChI is InChI=1S/C14H18NO/c1-12(15-9-5-6-10-15)11-14(16)13-7-3-2-4-8-13/h2-4,7-8H,5-6,9-11H2,1H3/q+1. The quantitative estimate of drug-likeness (QED) is 0.561. The first-order valence-corrected chi connectivity index (χ1v) is 5.93. The monoisotopic (exact) mass is 216 g/mol. The summed E-state index contributed by atoms with van der Waals surface area (Å²) >= 11 is 0. The van der Waals surface area contributed by atoms with Crippen molar-refractivity contribution in [1.29, 1.82) is 0 Å². The van der Waals surface area contributed by atoms with Gasteiger partial charge in [-0.25, -0.2) is 4.58 Å². The van der Waals surface area contributed by atoms with Crippen LogP contribution in [0.1, 0.15) is 36.5 Å². The first-order chi connectivity index (χ1) is 7.77. The SMILES string of the molecule is CC(CC(=O)c1ccccc1)=[N+]1CCCC1. The van der Waals surface area contributed by atoms with E-state index in [1.165, 1.54) is 18.6 Å². The maximum absolute atomic E-state index is 12.0. The largest absolute Gasteiger partial charge is 0.294 e. The summed E-state index contributed by atoms with van der Waals surface area (Å²) in [5, 5.41) is 0. The normalized spacial score (nSPS) is 15.2. The van der Waals surface area contributed by atoms with E-state index in [-0.39, 0.29) is 5.78 Å². The van der Waals surface area contributed by atoms with Gasteiger partial charge in [0.05, 0.1) is 6.42 Å². The summed E-state index contributed by atoms with van der Waals surface area (Å²) in [4.78, 5) is 12.0. The van der Waals surface area contributed by atoms with Gasteiger partial charge in [0.1, 0.15) is 13.1 Å². The van der Waals surface area contributed by atoms with Crippen LogP contribution in [0.2, 0.25) is 0 Å². The average Bonchev–Trinajstić information content (AvgIpc) is 2.83. The van der Waals surface area contributed by atoms with Crippen molar-refractivity contribution in [2.45, 2.75) is 26.2 Å². The van der Waals surface area contributed by atoms with E-state index in [2.05, 4.69) is 11.5 Å². The van der Waals surface area contributed by atoms with Crippen molar-refractivity contribution in [2.75, 3.05) is 13.1 Å². The van der Waals surface area contributed by atoms with Crippen LogP contribution in [0.3, 0.4) is 0 Å². The van der Waals surface area contributed by atoms with Crippen LogP contribution in [0.25, 0.3) is 0 Å². The molecule has 0 aromatic heterocycles. The molecule has 1 aliphatic heterocycles. The number of carbonyl (C=O) groups is 1. The summed E-state index contributed by atoms with van der Waals surface area (Å²) in [6.45, 7) is 4.31. The minimum Gasteiger partial charge on any atom is -0.294 e. The lowest BCUT2D eigenvalue weighted by Gasteiger charge is -2.01. The highest BCUT2D eigenvalue weighted by Gasteiger charge is 2.18.